The zero-order chi connectivity index (χ0) is 15.8. The highest BCUT2D eigenvalue weighted by molar-refractivity contribution is 8.26. The summed E-state index contributed by atoms with van der Waals surface area (Å²) >= 11 is 6.59. The van der Waals surface area contributed by atoms with Gasteiger partial charge in [-0.1, -0.05) is 30.0 Å². The van der Waals surface area contributed by atoms with Gasteiger partial charge in [0.05, 0.1) is 17.7 Å². The van der Waals surface area contributed by atoms with E-state index in [9.17, 15) is 4.79 Å². The largest absolute Gasteiger partial charge is 0.467 e. The van der Waals surface area contributed by atoms with Crippen molar-refractivity contribution in [3.8, 4) is 11.5 Å². The molecule has 0 atom stereocenters. The number of furan rings is 1. The van der Waals surface area contributed by atoms with Crippen LogP contribution in [0, 0.1) is 0 Å². The summed E-state index contributed by atoms with van der Waals surface area (Å²) in [5, 5.41) is 0. The molecule has 2 aromatic rings. The van der Waals surface area contributed by atoms with E-state index in [-0.39, 0.29) is 12.7 Å². The van der Waals surface area contributed by atoms with Crippen LogP contribution in [0.5, 0.6) is 11.5 Å². The van der Waals surface area contributed by atoms with Gasteiger partial charge in [0.1, 0.15) is 10.1 Å². The van der Waals surface area contributed by atoms with Crippen LogP contribution in [-0.4, -0.2) is 21.9 Å². The molecule has 3 heterocycles. The lowest BCUT2D eigenvalue weighted by Crippen LogP contribution is -2.27. The summed E-state index contributed by atoms with van der Waals surface area (Å²) in [5.74, 6) is 1.98. The maximum absolute atomic E-state index is 12.5. The topological polar surface area (TPSA) is 51.9 Å². The quantitative estimate of drug-likeness (QED) is 0.628. The van der Waals surface area contributed by atoms with E-state index in [4.69, 9.17) is 26.1 Å². The molecule has 7 heteroatoms. The van der Waals surface area contributed by atoms with Gasteiger partial charge in [0.25, 0.3) is 5.91 Å². The van der Waals surface area contributed by atoms with E-state index in [1.807, 2.05) is 30.3 Å². The molecule has 116 valence electrons. The molecule has 0 N–H and O–H groups in total. The molecular weight excluding hydrogens is 334 g/mol. The van der Waals surface area contributed by atoms with Gasteiger partial charge in [0, 0.05) is 0 Å². The van der Waals surface area contributed by atoms with Crippen LogP contribution in [0.2, 0.25) is 0 Å². The Hall–Kier alpha value is -2.25. The predicted octanol–water partition coefficient (Wildman–Crippen LogP) is 3.41. The molecule has 0 radical (unpaired) electrons. The molecule has 1 saturated heterocycles. The van der Waals surface area contributed by atoms with Crippen LogP contribution in [0.4, 0.5) is 0 Å². The summed E-state index contributed by atoms with van der Waals surface area (Å²) in [6, 6.07) is 9.17. The molecule has 1 amide bonds. The molecule has 2 aliphatic rings. The minimum Gasteiger partial charge on any atom is -0.467 e. The fourth-order valence-electron chi connectivity index (χ4n) is 2.35. The smallest absolute Gasteiger partial charge is 0.266 e. The lowest BCUT2D eigenvalue weighted by atomic mass is 10.2. The third-order valence-corrected chi connectivity index (χ3v) is 4.84. The Morgan fingerprint density at radius 1 is 1.26 bits per heavy atom. The molecule has 5 nitrogen and oxygen atoms in total. The number of amides is 1. The number of nitrogens with zero attached hydrogens (tertiary/aromatic N) is 1. The summed E-state index contributed by atoms with van der Waals surface area (Å²) in [4.78, 5) is 14.7. The Labute approximate surface area is 141 Å². The summed E-state index contributed by atoms with van der Waals surface area (Å²) in [5.41, 5.74) is 0.868. The van der Waals surface area contributed by atoms with Crippen molar-refractivity contribution in [1.82, 2.24) is 4.90 Å². The van der Waals surface area contributed by atoms with E-state index in [0.29, 0.717) is 33.0 Å². The van der Waals surface area contributed by atoms with Gasteiger partial charge in [-0.25, -0.2) is 0 Å². The van der Waals surface area contributed by atoms with Gasteiger partial charge < -0.3 is 13.9 Å². The lowest BCUT2D eigenvalue weighted by Gasteiger charge is -2.11. The van der Waals surface area contributed by atoms with E-state index in [1.165, 1.54) is 16.7 Å². The zero-order valence-electron chi connectivity index (χ0n) is 11.9. The van der Waals surface area contributed by atoms with Crippen LogP contribution in [0.15, 0.2) is 45.9 Å². The normalized spacial score (nSPS) is 18.3. The van der Waals surface area contributed by atoms with Crippen molar-refractivity contribution in [2.75, 3.05) is 6.79 Å². The average Bonchev–Trinajstić information content (AvgIpc) is 3.26. The Balaban J connectivity index is 1.57. The second-order valence-corrected chi connectivity index (χ2v) is 6.64. The van der Waals surface area contributed by atoms with Crippen molar-refractivity contribution in [1.29, 1.82) is 0 Å². The standard InChI is InChI=1S/C16H11NO4S2/c18-15-14(7-10-3-4-12-13(6-10)21-9-20-12)23-16(22)17(15)8-11-2-1-5-19-11/h1-7H,8-9H2. The maximum Gasteiger partial charge on any atom is 0.266 e. The molecule has 2 aliphatic heterocycles. The number of fused-ring (bicyclic) bond motifs is 1. The van der Waals surface area contributed by atoms with Gasteiger partial charge >= 0.3 is 0 Å². The van der Waals surface area contributed by atoms with Crippen LogP contribution in [0.25, 0.3) is 6.08 Å². The van der Waals surface area contributed by atoms with Gasteiger partial charge in [-0.05, 0) is 35.9 Å². The third-order valence-electron chi connectivity index (χ3n) is 3.46. The number of benzene rings is 1. The van der Waals surface area contributed by atoms with Crippen molar-refractivity contribution in [3.05, 3.63) is 52.8 Å². The first-order chi connectivity index (χ1) is 11.2. The minimum absolute atomic E-state index is 0.117. The average molecular weight is 345 g/mol. The van der Waals surface area contributed by atoms with E-state index in [0.717, 1.165) is 5.56 Å². The Morgan fingerprint density at radius 3 is 2.96 bits per heavy atom. The first-order valence-corrected chi connectivity index (χ1v) is 8.10. The molecule has 1 fully saturated rings. The number of thioether (sulfide) groups is 1. The van der Waals surface area contributed by atoms with E-state index >= 15 is 0 Å². The summed E-state index contributed by atoms with van der Waals surface area (Å²) in [6.07, 6.45) is 3.39. The number of rotatable bonds is 3. The van der Waals surface area contributed by atoms with Crippen molar-refractivity contribution < 1.29 is 18.7 Å². The SMILES string of the molecule is O=C1C(=Cc2ccc3c(c2)OCO3)SC(=S)N1Cc1ccco1. The second-order valence-electron chi connectivity index (χ2n) is 4.96. The van der Waals surface area contributed by atoms with Crippen LogP contribution < -0.4 is 9.47 Å². The van der Waals surface area contributed by atoms with Gasteiger partial charge in [-0.15, -0.1) is 0 Å². The lowest BCUT2D eigenvalue weighted by molar-refractivity contribution is -0.122. The number of hydrogen-bond acceptors (Lipinski definition) is 6. The van der Waals surface area contributed by atoms with Crippen molar-refractivity contribution >= 4 is 40.3 Å². The highest BCUT2D eigenvalue weighted by Gasteiger charge is 2.32. The molecule has 0 spiro atoms. The monoisotopic (exact) mass is 345 g/mol. The van der Waals surface area contributed by atoms with Gasteiger partial charge in [-0.2, -0.15) is 0 Å². The van der Waals surface area contributed by atoms with E-state index in [2.05, 4.69) is 0 Å². The molecule has 23 heavy (non-hydrogen) atoms. The van der Waals surface area contributed by atoms with Crippen molar-refractivity contribution in [2.24, 2.45) is 0 Å². The van der Waals surface area contributed by atoms with Crippen LogP contribution >= 0.6 is 24.0 Å². The van der Waals surface area contributed by atoms with Gasteiger partial charge in [-0.3, -0.25) is 9.69 Å². The molecular formula is C16H11NO4S2. The van der Waals surface area contributed by atoms with Crippen LogP contribution in [0.3, 0.4) is 0 Å². The number of ether oxygens (including phenoxy) is 2. The van der Waals surface area contributed by atoms with Crippen molar-refractivity contribution in [3.63, 3.8) is 0 Å². The maximum atomic E-state index is 12.5. The fraction of sp³-hybridized carbons (Fsp3) is 0.125. The molecule has 0 bridgehead atoms. The Kier molecular flexibility index (Phi) is 3.59. The molecule has 4 rings (SSSR count). The number of carbonyl (C=O) groups is 1. The molecule has 0 saturated carbocycles. The molecule has 0 unspecified atom stereocenters. The number of thiocarbonyl (C=S) groups is 1. The molecule has 0 aliphatic carbocycles. The summed E-state index contributed by atoms with van der Waals surface area (Å²) in [7, 11) is 0. The molecule has 1 aromatic carbocycles. The predicted molar refractivity (Wildman–Crippen MR) is 90.0 cm³/mol. The van der Waals surface area contributed by atoms with Crippen molar-refractivity contribution in [2.45, 2.75) is 6.54 Å². The third kappa shape index (κ3) is 2.73. The van der Waals surface area contributed by atoms with Crippen LogP contribution in [-0.2, 0) is 11.3 Å². The number of hydrogen-bond donors (Lipinski definition) is 0. The zero-order valence-corrected chi connectivity index (χ0v) is 13.5. The first kappa shape index (κ1) is 14.3. The number of carbonyl (C=O) groups excluding carboxylic acids is 1. The molecule has 1 aromatic heterocycles. The van der Waals surface area contributed by atoms with Gasteiger partial charge in [0.15, 0.2) is 11.5 Å². The highest BCUT2D eigenvalue weighted by Crippen LogP contribution is 2.36. The Bertz CT molecular complexity index is 813. The fourth-order valence-corrected chi connectivity index (χ4v) is 3.60. The second kappa shape index (κ2) is 5.75. The van der Waals surface area contributed by atoms with Gasteiger partial charge in [0.2, 0.25) is 6.79 Å². The van der Waals surface area contributed by atoms with E-state index in [1.54, 1.807) is 12.3 Å². The minimum atomic E-state index is -0.117. The summed E-state index contributed by atoms with van der Waals surface area (Å²) in [6.45, 7) is 0.570. The van der Waals surface area contributed by atoms with E-state index < -0.39 is 0 Å². The highest BCUT2D eigenvalue weighted by atomic mass is 32.2. The van der Waals surface area contributed by atoms with Crippen LogP contribution in [0.1, 0.15) is 11.3 Å². The summed E-state index contributed by atoms with van der Waals surface area (Å²) < 4.78 is 16.4. The first-order valence-electron chi connectivity index (χ1n) is 6.88. The Morgan fingerprint density at radius 2 is 2.13 bits per heavy atom.